The summed E-state index contributed by atoms with van der Waals surface area (Å²) in [4.78, 5) is 7.50. The fourth-order valence-electron chi connectivity index (χ4n) is 1.85. The van der Waals surface area contributed by atoms with Crippen molar-refractivity contribution in [3.63, 3.8) is 0 Å². The normalized spacial score (nSPS) is 12.7. The molecule has 1 atom stereocenters. The Morgan fingerprint density at radius 1 is 1.44 bits per heavy atom. The number of imidazole rings is 1. The first-order chi connectivity index (χ1) is 7.72. The van der Waals surface area contributed by atoms with E-state index in [0.29, 0.717) is 6.54 Å². The molecule has 2 rings (SSSR count). The summed E-state index contributed by atoms with van der Waals surface area (Å²) in [7, 11) is 0. The summed E-state index contributed by atoms with van der Waals surface area (Å²) in [5.74, 6) is 1.04. The molecule has 0 aliphatic rings. The molecule has 3 N–H and O–H groups in total. The maximum absolute atomic E-state index is 5.84. The lowest BCUT2D eigenvalue weighted by Gasteiger charge is -2.15. The van der Waals surface area contributed by atoms with E-state index in [1.165, 1.54) is 11.1 Å². The number of halogens is 1. The Hall–Kier alpha value is -1.13. The van der Waals surface area contributed by atoms with Crippen LogP contribution in [0.25, 0.3) is 0 Å². The molecule has 1 aromatic carbocycles. The fraction of sp³-hybridized carbons (Fsp3) is 0.250. The van der Waals surface area contributed by atoms with Gasteiger partial charge in [0.1, 0.15) is 10.4 Å². The van der Waals surface area contributed by atoms with Crippen LogP contribution in [0.5, 0.6) is 0 Å². The zero-order valence-corrected chi connectivity index (χ0v) is 10.7. The van der Waals surface area contributed by atoms with Crippen LogP contribution in [0.3, 0.4) is 0 Å². The van der Waals surface area contributed by atoms with Gasteiger partial charge in [0.2, 0.25) is 0 Å². The number of benzene rings is 1. The van der Waals surface area contributed by atoms with E-state index >= 15 is 0 Å². The summed E-state index contributed by atoms with van der Waals surface area (Å²) in [5, 5.41) is 0. The summed E-state index contributed by atoms with van der Waals surface area (Å²) >= 11 is 3.36. The number of hydrogen-bond donors (Lipinski definition) is 2. The largest absolute Gasteiger partial charge is 0.336 e. The molecule has 0 spiro atoms. The van der Waals surface area contributed by atoms with Crippen molar-refractivity contribution >= 4 is 15.9 Å². The van der Waals surface area contributed by atoms with Crippen LogP contribution in [-0.4, -0.2) is 16.5 Å². The summed E-state index contributed by atoms with van der Waals surface area (Å²) < 4.78 is 0.884. The number of aromatic nitrogens is 2. The maximum Gasteiger partial charge on any atom is 0.115 e. The average Bonchev–Trinajstić information content (AvgIpc) is 2.69. The number of aryl methyl sites for hydroxylation is 1. The molecule has 0 saturated carbocycles. The number of H-pyrrole nitrogens is 1. The first-order valence-corrected chi connectivity index (χ1v) is 5.97. The molecule has 0 radical (unpaired) electrons. The molecule has 0 fully saturated rings. The Kier molecular flexibility index (Phi) is 3.41. The molecule has 84 valence electrons. The Bertz CT molecular complexity index is 479. The van der Waals surface area contributed by atoms with Crippen molar-refractivity contribution in [1.82, 2.24) is 9.97 Å². The second kappa shape index (κ2) is 4.80. The number of hydrogen-bond acceptors (Lipinski definition) is 2. The third kappa shape index (κ3) is 2.18. The number of nitrogens with one attached hydrogen (secondary N) is 1. The van der Waals surface area contributed by atoms with Crippen molar-refractivity contribution in [2.75, 3.05) is 6.54 Å². The van der Waals surface area contributed by atoms with Crippen LogP contribution < -0.4 is 5.73 Å². The van der Waals surface area contributed by atoms with E-state index in [-0.39, 0.29) is 5.92 Å². The summed E-state index contributed by atoms with van der Waals surface area (Å²) in [6.07, 6.45) is 1.76. The fourth-order valence-corrected chi connectivity index (χ4v) is 2.16. The van der Waals surface area contributed by atoms with Crippen LogP contribution in [0.1, 0.15) is 22.9 Å². The van der Waals surface area contributed by atoms with Gasteiger partial charge in [-0.25, -0.2) is 4.98 Å². The number of nitrogens with two attached hydrogens (primary N) is 1. The van der Waals surface area contributed by atoms with E-state index in [1.54, 1.807) is 6.20 Å². The molecule has 1 heterocycles. The van der Waals surface area contributed by atoms with Gasteiger partial charge in [0.15, 0.2) is 0 Å². The van der Waals surface area contributed by atoms with Gasteiger partial charge < -0.3 is 10.7 Å². The summed E-state index contributed by atoms with van der Waals surface area (Å²) in [6, 6.07) is 8.26. The minimum absolute atomic E-state index is 0.132. The highest BCUT2D eigenvalue weighted by atomic mass is 79.9. The van der Waals surface area contributed by atoms with Crippen molar-refractivity contribution in [2.24, 2.45) is 5.73 Å². The smallest absolute Gasteiger partial charge is 0.115 e. The third-order valence-corrected chi connectivity index (χ3v) is 3.10. The van der Waals surface area contributed by atoms with Crippen LogP contribution in [-0.2, 0) is 0 Å². The van der Waals surface area contributed by atoms with Gasteiger partial charge in [-0.2, -0.15) is 0 Å². The molecule has 0 aliphatic heterocycles. The van der Waals surface area contributed by atoms with Crippen molar-refractivity contribution in [3.8, 4) is 0 Å². The zero-order chi connectivity index (χ0) is 11.5. The molecule has 1 unspecified atom stereocenters. The van der Waals surface area contributed by atoms with Crippen LogP contribution in [0, 0.1) is 6.92 Å². The van der Waals surface area contributed by atoms with Gasteiger partial charge in [-0.15, -0.1) is 0 Å². The summed E-state index contributed by atoms with van der Waals surface area (Å²) in [6.45, 7) is 2.64. The molecular formula is C12H14BrN3. The van der Waals surface area contributed by atoms with Gasteiger partial charge in [-0.3, -0.25) is 0 Å². The number of rotatable bonds is 3. The van der Waals surface area contributed by atoms with E-state index in [1.807, 2.05) is 12.1 Å². The second-order valence-corrected chi connectivity index (χ2v) is 4.62. The molecule has 0 saturated heterocycles. The number of nitrogens with zero attached hydrogens (tertiary/aromatic N) is 1. The maximum atomic E-state index is 5.84. The van der Waals surface area contributed by atoms with Crippen LogP contribution in [0.2, 0.25) is 0 Å². The predicted molar refractivity (Wildman–Crippen MR) is 68.4 cm³/mol. The minimum Gasteiger partial charge on any atom is -0.336 e. The number of aromatic amines is 1. The molecule has 3 nitrogen and oxygen atoms in total. The van der Waals surface area contributed by atoms with E-state index in [0.717, 1.165) is 10.4 Å². The summed E-state index contributed by atoms with van der Waals surface area (Å²) in [5.41, 5.74) is 8.31. The second-order valence-electron chi connectivity index (χ2n) is 3.76. The highest BCUT2D eigenvalue weighted by molar-refractivity contribution is 9.10. The van der Waals surface area contributed by atoms with Crippen LogP contribution >= 0.6 is 15.9 Å². The van der Waals surface area contributed by atoms with Gasteiger partial charge in [0.05, 0.1) is 12.1 Å². The highest BCUT2D eigenvalue weighted by Crippen LogP contribution is 2.24. The van der Waals surface area contributed by atoms with Gasteiger partial charge in [0.25, 0.3) is 0 Å². The van der Waals surface area contributed by atoms with E-state index < -0.39 is 0 Å². The molecule has 0 bridgehead atoms. The van der Waals surface area contributed by atoms with Crippen LogP contribution in [0.4, 0.5) is 0 Å². The van der Waals surface area contributed by atoms with Crippen molar-refractivity contribution < 1.29 is 0 Å². The van der Waals surface area contributed by atoms with Gasteiger partial charge >= 0.3 is 0 Å². The first-order valence-electron chi connectivity index (χ1n) is 5.18. The molecule has 0 aliphatic carbocycles. The van der Waals surface area contributed by atoms with Crippen LogP contribution in [0.15, 0.2) is 35.1 Å². The molecule has 0 amide bonds. The third-order valence-electron chi connectivity index (χ3n) is 2.69. The Labute approximate surface area is 103 Å². The first kappa shape index (κ1) is 11.4. The van der Waals surface area contributed by atoms with Crippen molar-refractivity contribution in [1.29, 1.82) is 0 Å². The van der Waals surface area contributed by atoms with E-state index in [9.17, 15) is 0 Å². The average molecular weight is 280 g/mol. The SMILES string of the molecule is Cc1ccccc1C(CN)c1ncc(Br)[nH]1. The Morgan fingerprint density at radius 2 is 2.19 bits per heavy atom. The molecule has 4 heteroatoms. The van der Waals surface area contributed by atoms with E-state index in [4.69, 9.17) is 5.73 Å². The molecule has 2 aromatic rings. The van der Waals surface area contributed by atoms with Gasteiger partial charge in [-0.05, 0) is 34.0 Å². The van der Waals surface area contributed by atoms with Crippen molar-refractivity contribution in [2.45, 2.75) is 12.8 Å². The lowest BCUT2D eigenvalue weighted by Crippen LogP contribution is -2.16. The van der Waals surface area contributed by atoms with Gasteiger partial charge in [-0.1, -0.05) is 24.3 Å². The lowest BCUT2D eigenvalue weighted by atomic mass is 9.94. The lowest BCUT2D eigenvalue weighted by molar-refractivity contribution is 0.758. The Balaban J connectivity index is 2.40. The molecular weight excluding hydrogens is 266 g/mol. The zero-order valence-electron chi connectivity index (χ0n) is 9.07. The standard InChI is InChI=1S/C12H14BrN3/c1-8-4-2-3-5-9(8)10(6-14)12-15-7-11(13)16-12/h2-5,7,10H,6,14H2,1H3,(H,15,16). The van der Waals surface area contributed by atoms with E-state index in [2.05, 4.69) is 45.0 Å². The monoisotopic (exact) mass is 279 g/mol. The van der Waals surface area contributed by atoms with Crippen molar-refractivity contribution in [3.05, 3.63) is 52.0 Å². The predicted octanol–water partition coefficient (Wildman–Crippen LogP) is 2.57. The Morgan fingerprint density at radius 3 is 2.75 bits per heavy atom. The van der Waals surface area contributed by atoms with Gasteiger partial charge in [0, 0.05) is 6.54 Å². The topological polar surface area (TPSA) is 54.7 Å². The quantitative estimate of drug-likeness (QED) is 0.907. The highest BCUT2D eigenvalue weighted by Gasteiger charge is 2.16. The molecule has 16 heavy (non-hydrogen) atoms. The molecule has 1 aromatic heterocycles. The minimum atomic E-state index is 0.132.